The van der Waals surface area contributed by atoms with Crippen molar-refractivity contribution in [3.8, 4) is 11.3 Å². The van der Waals surface area contributed by atoms with E-state index in [1.54, 1.807) is 30.3 Å². The third-order valence-electron chi connectivity index (χ3n) is 6.93. The molecule has 3 fully saturated rings. The number of carbonyl (C=O) groups excluding carboxylic acids is 2. The predicted molar refractivity (Wildman–Crippen MR) is 105 cm³/mol. The Labute approximate surface area is 171 Å². The van der Waals surface area contributed by atoms with Gasteiger partial charge in [0.25, 0.3) is 17.5 Å². The van der Waals surface area contributed by atoms with Crippen LogP contribution in [0.25, 0.3) is 11.3 Å². The van der Waals surface area contributed by atoms with Gasteiger partial charge in [-0.25, -0.2) is 0 Å². The standard InChI is InChI=1S/C22H17N3O5/c26-21-19-12-6-7-13(16-9-15(12)16)20(19)22(27)24(21)23-10-11-5-8-18(30-11)14-3-1-2-4-17(14)25(28)29/h1-8,10,12-13,15-16,19-20H,9H2/b23-10-/t12-,13-,15-,16-,19-,20+/m0/s1. The van der Waals surface area contributed by atoms with Crippen molar-refractivity contribution in [2.75, 3.05) is 0 Å². The maximum Gasteiger partial charge on any atom is 0.280 e. The average Bonchev–Trinajstić information content (AvgIpc) is 3.39. The number of furan rings is 1. The molecule has 0 radical (unpaired) electrons. The monoisotopic (exact) mass is 403 g/mol. The number of para-hydroxylation sites is 1. The summed E-state index contributed by atoms with van der Waals surface area (Å²) in [5.74, 6) is 0.924. The van der Waals surface area contributed by atoms with E-state index < -0.39 is 4.92 Å². The Morgan fingerprint density at radius 1 is 1.03 bits per heavy atom. The number of nitro benzene ring substituents is 1. The molecule has 1 aromatic carbocycles. The summed E-state index contributed by atoms with van der Waals surface area (Å²) < 4.78 is 5.67. The molecule has 0 unspecified atom stereocenters. The maximum absolute atomic E-state index is 12.9. The molecule has 6 atom stereocenters. The Balaban J connectivity index is 1.26. The topological polar surface area (TPSA) is 106 Å². The maximum atomic E-state index is 12.9. The van der Waals surface area contributed by atoms with Crippen molar-refractivity contribution in [2.24, 2.45) is 40.6 Å². The molecule has 0 spiro atoms. The van der Waals surface area contributed by atoms with Gasteiger partial charge in [0.1, 0.15) is 11.5 Å². The molecule has 1 aromatic heterocycles. The second-order valence-corrected chi connectivity index (χ2v) is 8.36. The molecule has 8 nitrogen and oxygen atoms in total. The van der Waals surface area contributed by atoms with E-state index in [0.717, 1.165) is 11.4 Å². The first kappa shape index (κ1) is 17.3. The molecule has 150 valence electrons. The molecular weight excluding hydrogens is 386 g/mol. The summed E-state index contributed by atoms with van der Waals surface area (Å²) in [6.07, 6.45) is 6.66. The number of rotatable bonds is 4. The lowest BCUT2D eigenvalue weighted by molar-refractivity contribution is -0.384. The van der Waals surface area contributed by atoms with Gasteiger partial charge in [0.05, 0.1) is 28.5 Å². The Bertz CT molecular complexity index is 1130. The number of amides is 2. The summed E-state index contributed by atoms with van der Waals surface area (Å²) in [6, 6.07) is 9.49. The minimum absolute atomic E-state index is 0.0640. The van der Waals surface area contributed by atoms with Gasteiger partial charge < -0.3 is 4.42 Å². The first-order chi connectivity index (χ1) is 14.5. The Kier molecular flexibility index (Phi) is 3.45. The number of imide groups is 1. The molecule has 30 heavy (non-hydrogen) atoms. The third kappa shape index (κ3) is 2.30. The molecule has 2 bridgehead atoms. The van der Waals surface area contributed by atoms with Crippen LogP contribution in [-0.4, -0.2) is 28.0 Å². The van der Waals surface area contributed by atoms with Crippen LogP contribution < -0.4 is 0 Å². The summed E-state index contributed by atoms with van der Waals surface area (Å²) in [5.41, 5.74) is 0.286. The summed E-state index contributed by atoms with van der Waals surface area (Å²) in [7, 11) is 0. The fourth-order valence-electron chi connectivity index (χ4n) is 5.58. The van der Waals surface area contributed by atoms with Crippen molar-refractivity contribution in [3.63, 3.8) is 0 Å². The highest BCUT2D eigenvalue weighted by molar-refractivity contribution is 6.06. The predicted octanol–water partition coefficient (Wildman–Crippen LogP) is 3.24. The molecule has 2 aromatic rings. The van der Waals surface area contributed by atoms with Crippen LogP contribution in [0.1, 0.15) is 12.2 Å². The fourth-order valence-corrected chi connectivity index (χ4v) is 5.58. The van der Waals surface area contributed by atoms with Crippen LogP contribution in [-0.2, 0) is 9.59 Å². The first-order valence-corrected chi connectivity index (χ1v) is 9.98. The van der Waals surface area contributed by atoms with Crippen molar-refractivity contribution in [1.29, 1.82) is 0 Å². The van der Waals surface area contributed by atoms with E-state index in [9.17, 15) is 19.7 Å². The quantitative estimate of drug-likeness (QED) is 0.256. The van der Waals surface area contributed by atoms with Crippen molar-refractivity contribution in [2.45, 2.75) is 6.42 Å². The molecule has 2 heterocycles. The lowest BCUT2D eigenvalue weighted by Crippen LogP contribution is -2.40. The zero-order chi connectivity index (χ0) is 20.6. The first-order valence-electron chi connectivity index (χ1n) is 9.98. The minimum atomic E-state index is -0.470. The van der Waals surface area contributed by atoms with Crippen LogP contribution in [0.5, 0.6) is 0 Å². The molecule has 1 saturated heterocycles. The second kappa shape index (κ2) is 5.98. The number of nitrogens with zero attached hydrogens (tertiary/aromatic N) is 3. The molecule has 0 N–H and O–H groups in total. The van der Waals surface area contributed by atoms with E-state index >= 15 is 0 Å². The third-order valence-corrected chi connectivity index (χ3v) is 6.93. The highest BCUT2D eigenvalue weighted by Gasteiger charge is 2.67. The smallest absolute Gasteiger partial charge is 0.280 e. The normalized spacial score (nSPS) is 33.3. The second-order valence-electron chi connectivity index (χ2n) is 8.36. The van der Waals surface area contributed by atoms with E-state index in [4.69, 9.17) is 4.42 Å². The Morgan fingerprint density at radius 3 is 2.37 bits per heavy atom. The van der Waals surface area contributed by atoms with Gasteiger partial charge in [0.15, 0.2) is 0 Å². The van der Waals surface area contributed by atoms with Gasteiger partial charge >= 0.3 is 0 Å². The lowest BCUT2D eigenvalue weighted by Gasteiger charge is -2.37. The molecule has 2 amide bonds. The summed E-state index contributed by atoms with van der Waals surface area (Å²) in [5, 5.41) is 16.4. The van der Waals surface area contributed by atoms with E-state index in [0.29, 0.717) is 28.9 Å². The number of benzene rings is 1. The highest BCUT2D eigenvalue weighted by atomic mass is 16.6. The molecule has 8 heteroatoms. The van der Waals surface area contributed by atoms with Crippen LogP contribution >= 0.6 is 0 Å². The van der Waals surface area contributed by atoms with Crippen LogP contribution in [0.4, 0.5) is 5.69 Å². The number of hydrogen-bond acceptors (Lipinski definition) is 6. The van der Waals surface area contributed by atoms with Crippen molar-refractivity contribution in [3.05, 3.63) is 64.4 Å². The molecule has 7 rings (SSSR count). The minimum Gasteiger partial charge on any atom is -0.455 e. The average molecular weight is 403 g/mol. The molecule has 4 aliphatic carbocycles. The number of carbonyl (C=O) groups is 2. The number of hydrogen-bond donors (Lipinski definition) is 0. The van der Waals surface area contributed by atoms with Gasteiger partial charge in [0.2, 0.25) is 0 Å². The Morgan fingerprint density at radius 2 is 1.70 bits per heavy atom. The molecule has 2 saturated carbocycles. The van der Waals surface area contributed by atoms with Crippen LogP contribution in [0.15, 0.2) is 58.1 Å². The van der Waals surface area contributed by atoms with Gasteiger partial charge in [0, 0.05) is 6.07 Å². The van der Waals surface area contributed by atoms with Crippen molar-refractivity contribution >= 4 is 23.7 Å². The van der Waals surface area contributed by atoms with Gasteiger partial charge in [-0.15, -0.1) is 0 Å². The van der Waals surface area contributed by atoms with Gasteiger partial charge in [-0.05, 0) is 48.3 Å². The zero-order valence-corrected chi connectivity index (χ0v) is 15.8. The van der Waals surface area contributed by atoms with Crippen molar-refractivity contribution < 1.29 is 18.9 Å². The van der Waals surface area contributed by atoms with E-state index in [1.165, 1.54) is 12.3 Å². The summed E-state index contributed by atoms with van der Waals surface area (Å²) in [6.45, 7) is 0. The summed E-state index contributed by atoms with van der Waals surface area (Å²) in [4.78, 5) is 36.6. The molecule has 1 aliphatic heterocycles. The number of hydrazone groups is 1. The molecule has 5 aliphatic rings. The van der Waals surface area contributed by atoms with E-state index in [2.05, 4.69) is 17.3 Å². The Hall–Kier alpha value is -3.55. The molecular formula is C22H17N3O5. The fraction of sp³-hybridized carbons (Fsp3) is 0.318. The van der Waals surface area contributed by atoms with E-state index in [-0.39, 0.29) is 41.2 Å². The van der Waals surface area contributed by atoms with Gasteiger partial charge in [-0.2, -0.15) is 10.1 Å². The van der Waals surface area contributed by atoms with E-state index in [1.807, 2.05) is 0 Å². The SMILES string of the molecule is O=C1[C@@H]2[C@H]3C=C[C@@H]([C@@H]4C[C@@H]34)[C@@H]2C(=O)N1/N=C\c1ccc(-c2ccccc2[N+](=O)[O-])o1. The van der Waals surface area contributed by atoms with Crippen molar-refractivity contribution in [1.82, 2.24) is 5.01 Å². The summed E-state index contributed by atoms with van der Waals surface area (Å²) >= 11 is 0. The van der Waals surface area contributed by atoms with Gasteiger partial charge in [-0.3, -0.25) is 19.7 Å². The zero-order valence-electron chi connectivity index (χ0n) is 15.8. The number of allylic oxidation sites excluding steroid dienone is 2. The van der Waals surface area contributed by atoms with Gasteiger partial charge in [-0.1, -0.05) is 24.3 Å². The number of nitro groups is 1. The highest BCUT2D eigenvalue weighted by Crippen LogP contribution is 2.65. The lowest BCUT2D eigenvalue weighted by atomic mass is 9.63. The van der Waals surface area contributed by atoms with Crippen LogP contribution in [0, 0.1) is 45.6 Å². The van der Waals surface area contributed by atoms with Crippen LogP contribution in [0.2, 0.25) is 0 Å². The van der Waals surface area contributed by atoms with Crippen LogP contribution in [0.3, 0.4) is 0 Å². The largest absolute Gasteiger partial charge is 0.455 e.